The van der Waals surface area contributed by atoms with Crippen LogP contribution < -0.4 is 5.32 Å². The van der Waals surface area contributed by atoms with Crippen molar-refractivity contribution in [2.24, 2.45) is 5.92 Å². The van der Waals surface area contributed by atoms with Crippen LogP contribution in [-0.4, -0.2) is 31.6 Å². The van der Waals surface area contributed by atoms with Gasteiger partial charge in [-0.3, -0.25) is 0 Å². The molecule has 0 aliphatic rings. The van der Waals surface area contributed by atoms with E-state index >= 15 is 0 Å². The molecule has 0 fully saturated rings. The predicted octanol–water partition coefficient (Wildman–Crippen LogP) is 4.23. The predicted molar refractivity (Wildman–Crippen MR) is 85.2 cm³/mol. The third-order valence-corrected chi connectivity index (χ3v) is 3.82. The lowest BCUT2D eigenvalue weighted by Crippen LogP contribution is -2.43. The topological polar surface area (TPSA) is 15.3 Å². The SMILES string of the molecule is CC(NC(CN(C)C)C(C)C)c1ccc(Cl)cc1Cl. The third kappa shape index (κ3) is 5.31. The van der Waals surface area contributed by atoms with Gasteiger partial charge in [0.1, 0.15) is 0 Å². The monoisotopic (exact) mass is 302 g/mol. The van der Waals surface area contributed by atoms with Crippen molar-refractivity contribution in [3.63, 3.8) is 0 Å². The van der Waals surface area contributed by atoms with Crippen LogP contribution in [0.1, 0.15) is 32.4 Å². The van der Waals surface area contributed by atoms with Gasteiger partial charge in [-0.05, 0) is 44.6 Å². The van der Waals surface area contributed by atoms with Crippen LogP contribution in [0.3, 0.4) is 0 Å². The van der Waals surface area contributed by atoms with Crippen molar-refractivity contribution >= 4 is 23.2 Å². The molecule has 0 saturated heterocycles. The quantitative estimate of drug-likeness (QED) is 0.846. The maximum Gasteiger partial charge on any atom is 0.0468 e. The largest absolute Gasteiger partial charge is 0.308 e. The Hall–Kier alpha value is -0.280. The summed E-state index contributed by atoms with van der Waals surface area (Å²) in [5, 5.41) is 5.05. The number of halogens is 2. The standard InChI is InChI=1S/C15H24Cl2N2/c1-10(2)15(9-19(4)5)18-11(3)13-7-6-12(16)8-14(13)17/h6-8,10-11,15,18H,9H2,1-5H3. The summed E-state index contributed by atoms with van der Waals surface area (Å²) < 4.78 is 0. The van der Waals surface area contributed by atoms with Crippen molar-refractivity contribution in [1.29, 1.82) is 0 Å². The van der Waals surface area contributed by atoms with Gasteiger partial charge in [-0.2, -0.15) is 0 Å². The maximum atomic E-state index is 6.26. The first-order valence-corrected chi connectivity index (χ1v) is 7.42. The van der Waals surface area contributed by atoms with Gasteiger partial charge in [-0.1, -0.05) is 43.1 Å². The van der Waals surface area contributed by atoms with Crippen molar-refractivity contribution in [3.05, 3.63) is 33.8 Å². The van der Waals surface area contributed by atoms with E-state index < -0.39 is 0 Å². The van der Waals surface area contributed by atoms with Gasteiger partial charge in [-0.25, -0.2) is 0 Å². The Morgan fingerprint density at radius 1 is 1.16 bits per heavy atom. The molecule has 2 atom stereocenters. The van der Waals surface area contributed by atoms with Gasteiger partial charge in [0, 0.05) is 28.7 Å². The lowest BCUT2D eigenvalue weighted by molar-refractivity contribution is 0.273. The molecule has 1 N–H and O–H groups in total. The van der Waals surface area contributed by atoms with E-state index in [1.807, 2.05) is 12.1 Å². The van der Waals surface area contributed by atoms with E-state index in [4.69, 9.17) is 23.2 Å². The zero-order valence-electron chi connectivity index (χ0n) is 12.4. The number of nitrogens with zero attached hydrogens (tertiary/aromatic N) is 1. The van der Waals surface area contributed by atoms with Crippen LogP contribution in [0.4, 0.5) is 0 Å². The zero-order valence-corrected chi connectivity index (χ0v) is 13.9. The van der Waals surface area contributed by atoms with Crippen LogP contribution >= 0.6 is 23.2 Å². The molecule has 0 aromatic heterocycles. The third-order valence-electron chi connectivity index (χ3n) is 3.26. The molecule has 0 amide bonds. The average Bonchev–Trinajstić information content (AvgIpc) is 2.26. The molecule has 2 unspecified atom stereocenters. The highest BCUT2D eigenvalue weighted by molar-refractivity contribution is 6.35. The Bertz CT molecular complexity index is 405. The maximum absolute atomic E-state index is 6.26. The van der Waals surface area contributed by atoms with Crippen LogP contribution in [0.5, 0.6) is 0 Å². The second kappa shape index (κ2) is 7.49. The molecular weight excluding hydrogens is 279 g/mol. The average molecular weight is 303 g/mol. The molecule has 1 rings (SSSR count). The minimum Gasteiger partial charge on any atom is -0.308 e. The van der Waals surface area contributed by atoms with Crippen LogP contribution in [-0.2, 0) is 0 Å². The number of hydrogen-bond acceptors (Lipinski definition) is 2. The molecule has 1 aromatic rings. The van der Waals surface area contributed by atoms with Crippen LogP contribution in [0.15, 0.2) is 18.2 Å². The summed E-state index contributed by atoms with van der Waals surface area (Å²) in [5.41, 5.74) is 1.09. The fourth-order valence-corrected chi connectivity index (χ4v) is 2.69. The molecule has 0 radical (unpaired) electrons. The number of rotatable bonds is 6. The van der Waals surface area contributed by atoms with Crippen molar-refractivity contribution in [2.45, 2.75) is 32.9 Å². The molecule has 108 valence electrons. The summed E-state index contributed by atoms with van der Waals surface area (Å²) in [6, 6.07) is 6.31. The van der Waals surface area contributed by atoms with E-state index in [1.165, 1.54) is 0 Å². The molecule has 2 nitrogen and oxygen atoms in total. The molecule has 0 heterocycles. The molecule has 19 heavy (non-hydrogen) atoms. The van der Waals surface area contributed by atoms with Crippen molar-refractivity contribution in [3.8, 4) is 0 Å². The van der Waals surface area contributed by atoms with Crippen molar-refractivity contribution in [2.75, 3.05) is 20.6 Å². The van der Waals surface area contributed by atoms with Gasteiger partial charge in [0.05, 0.1) is 0 Å². The first kappa shape index (κ1) is 16.8. The minimum absolute atomic E-state index is 0.206. The molecule has 1 aromatic carbocycles. The second-order valence-electron chi connectivity index (χ2n) is 5.67. The van der Waals surface area contributed by atoms with Gasteiger partial charge in [0.25, 0.3) is 0 Å². The Kier molecular flexibility index (Phi) is 6.61. The van der Waals surface area contributed by atoms with Crippen molar-refractivity contribution in [1.82, 2.24) is 10.2 Å². The van der Waals surface area contributed by atoms with Crippen molar-refractivity contribution < 1.29 is 0 Å². The highest BCUT2D eigenvalue weighted by atomic mass is 35.5. The summed E-state index contributed by atoms with van der Waals surface area (Å²) in [5.74, 6) is 0.566. The molecule has 0 saturated carbocycles. The lowest BCUT2D eigenvalue weighted by atomic mass is 10.0. The summed E-state index contributed by atoms with van der Waals surface area (Å²) in [6.45, 7) is 7.61. The van der Waals surface area contributed by atoms with E-state index in [0.717, 1.165) is 17.1 Å². The van der Waals surface area contributed by atoms with E-state index in [1.54, 1.807) is 6.07 Å². The highest BCUT2D eigenvalue weighted by Crippen LogP contribution is 2.26. The number of benzene rings is 1. The van der Waals surface area contributed by atoms with Gasteiger partial charge < -0.3 is 10.2 Å². The first-order chi connectivity index (χ1) is 8.81. The highest BCUT2D eigenvalue weighted by Gasteiger charge is 2.18. The summed E-state index contributed by atoms with van der Waals surface area (Å²) in [4.78, 5) is 2.20. The molecule has 0 aliphatic heterocycles. The fraction of sp³-hybridized carbons (Fsp3) is 0.600. The summed E-state index contributed by atoms with van der Waals surface area (Å²) in [6.07, 6.45) is 0. The molecule has 0 spiro atoms. The summed E-state index contributed by atoms with van der Waals surface area (Å²) >= 11 is 12.2. The Labute approximate surface area is 127 Å². The van der Waals surface area contributed by atoms with Gasteiger partial charge >= 0.3 is 0 Å². The molecule has 4 heteroatoms. The smallest absolute Gasteiger partial charge is 0.0468 e. The molecule has 0 aliphatic carbocycles. The number of likely N-dealkylation sites (N-methyl/N-ethyl adjacent to an activating group) is 1. The van der Waals surface area contributed by atoms with E-state index in [2.05, 4.69) is 45.1 Å². The van der Waals surface area contributed by atoms with E-state index in [9.17, 15) is 0 Å². The van der Waals surface area contributed by atoms with Crippen LogP contribution in [0, 0.1) is 5.92 Å². The fourth-order valence-electron chi connectivity index (χ4n) is 2.11. The zero-order chi connectivity index (χ0) is 14.6. The minimum atomic E-state index is 0.206. The second-order valence-corrected chi connectivity index (χ2v) is 6.51. The molecular formula is C15H24Cl2N2. The Morgan fingerprint density at radius 3 is 2.26 bits per heavy atom. The Morgan fingerprint density at radius 2 is 1.79 bits per heavy atom. The number of hydrogen-bond donors (Lipinski definition) is 1. The molecule has 0 bridgehead atoms. The van der Waals surface area contributed by atoms with E-state index in [0.29, 0.717) is 17.0 Å². The van der Waals surface area contributed by atoms with E-state index in [-0.39, 0.29) is 6.04 Å². The normalized spacial score (nSPS) is 15.0. The first-order valence-electron chi connectivity index (χ1n) is 6.67. The van der Waals surface area contributed by atoms with Crippen LogP contribution in [0.2, 0.25) is 10.0 Å². The lowest BCUT2D eigenvalue weighted by Gasteiger charge is -2.29. The van der Waals surface area contributed by atoms with Gasteiger partial charge in [0.2, 0.25) is 0 Å². The van der Waals surface area contributed by atoms with Crippen LogP contribution in [0.25, 0.3) is 0 Å². The van der Waals surface area contributed by atoms with Gasteiger partial charge in [0.15, 0.2) is 0 Å². The number of nitrogens with one attached hydrogen (secondary N) is 1. The summed E-state index contributed by atoms with van der Waals surface area (Å²) in [7, 11) is 4.19. The van der Waals surface area contributed by atoms with Gasteiger partial charge in [-0.15, -0.1) is 0 Å². The Balaban J connectivity index is 2.78.